The minimum absolute atomic E-state index is 0.242. The molecule has 0 nitrogen and oxygen atoms in total. The molecule has 0 spiro atoms. The van der Waals surface area contributed by atoms with Gasteiger partial charge in [0.05, 0.1) is 0 Å². The van der Waals surface area contributed by atoms with E-state index in [0.29, 0.717) is 0 Å². The molecule has 0 aliphatic carbocycles. The van der Waals surface area contributed by atoms with Crippen molar-refractivity contribution in [3.8, 4) is 0 Å². The van der Waals surface area contributed by atoms with Gasteiger partial charge in [-0.05, 0) is 0 Å². The third-order valence-corrected chi connectivity index (χ3v) is 9.14. The molecule has 3 rings (SSSR count). The Morgan fingerprint density at radius 1 is 0.652 bits per heavy atom. The molecule has 23 heavy (non-hydrogen) atoms. The predicted molar refractivity (Wildman–Crippen MR) is 97.1 cm³/mol. The molecule has 0 unspecified atom stereocenters. The minimum atomic E-state index is -2.30. The molecule has 0 aromatic heterocycles. The van der Waals surface area contributed by atoms with Crippen LogP contribution in [0.2, 0.25) is 0 Å². The van der Waals surface area contributed by atoms with E-state index in [-0.39, 0.29) is 11.6 Å². The number of halogens is 2. The average Bonchev–Trinajstić information content (AvgIpc) is 2.56. The zero-order valence-electron chi connectivity index (χ0n) is 13.2. The molecule has 0 fully saturated rings. The van der Waals surface area contributed by atoms with E-state index in [9.17, 15) is 8.78 Å². The second-order valence-electron chi connectivity index (χ2n) is 5.95. The van der Waals surface area contributed by atoms with Gasteiger partial charge in [-0.3, -0.25) is 0 Å². The van der Waals surface area contributed by atoms with Crippen molar-refractivity contribution in [3.05, 3.63) is 90.0 Å². The first-order valence-corrected chi connectivity index (χ1v) is 10.1. The van der Waals surface area contributed by atoms with Crippen LogP contribution >= 0.6 is 7.26 Å². The van der Waals surface area contributed by atoms with Gasteiger partial charge in [0, 0.05) is 0 Å². The van der Waals surface area contributed by atoms with Gasteiger partial charge in [0.1, 0.15) is 0 Å². The molecule has 0 amide bonds. The summed E-state index contributed by atoms with van der Waals surface area (Å²) in [5.41, 5.74) is 1.20. The van der Waals surface area contributed by atoms with Crippen molar-refractivity contribution in [2.24, 2.45) is 0 Å². The molecule has 0 radical (unpaired) electrons. The maximum absolute atomic E-state index is 13.4. The summed E-state index contributed by atoms with van der Waals surface area (Å²) < 4.78 is 26.8. The molecular weight excluding hydrogens is 309 g/mol. The topological polar surface area (TPSA) is 0 Å². The monoisotopic (exact) mass is 328 g/mol. The summed E-state index contributed by atoms with van der Waals surface area (Å²) in [6.07, 6.45) is 0. The molecule has 118 valence electrons. The first-order chi connectivity index (χ1) is 11.0. The van der Waals surface area contributed by atoms with Crippen LogP contribution in [-0.2, 0) is 0 Å². The molecule has 3 aromatic carbocycles. The summed E-state index contributed by atoms with van der Waals surface area (Å²) in [5, 5.41) is 3.48. The molecule has 0 atom stereocenters. The molecule has 0 saturated heterocycles. The molecule has 0 N–H and O–H groups in total. The van der Waals surface area contributed by atoms with Crippen molar-refractivity contribution >= 4 is 23.2 Å². The summed E-state index contributed by atoms with van der Waals surface area (Å²) in [5.74, 6) is -0.483. The van der Waals surface area contributed by atoms with Gasteiger partial charge in [-0.15, -0.1) is 0 Å². The Balaban J connectivity index is 2.27. The first kappa shape index (κ1) is 15.8. The van der Waals surface area contributed by atoms with Gasteiger partial charge in [0.2, 0.25) is 0 Å². The number of hydrogen-bond acceptors (Lipinski definition) is 0. The molecular formula is C20H19F2P. The number of rotatable bonds is 3. The maximum atomic E-state index is 13.4. The Hall–Kier alpha value is -2.05. The standard InChI is InChI=1S/C20H19F2P/c1-15-5-3-4-6-20(15)23(2,18-11-7-16(21)8-12-18)19-13-9-17(22)10-14-19/h3-14,23H,1-2H3. The third-order valence-electron chi connectivity index (χ3n) is 4.53. The van der Waals surface area contributed by atoms with Gasteiger partial charge in [0.25, 0.3) is 0 Å². The van der Waals surface area contributed by atoms with E-state index < -0.39 is 7.26 Å². The molecule has 0 saturated carbocycles. The Morgan fingerprint density at radius 3 is 1.52 bits per heavy atom. The van der Waals surface area contributed by atoms with Crippen LogP contribution in [0.3, 0.4) is 0 Å². The normalized spacial score (nSPS) is 12.2. The number of benzene rings is 3. The number of aryl methyl sites for hydroxylation is 1. The summed E-state index contributed by atoms with van der Waals surface area (Å²) in [4.78, 5) is 0. The molecule has 0 bridgehead atoms. The van der Waals surface area contributed by atoms with Crippen LogP contribution in [0, 0.1) is 18.6 Å². The van der Waals surface area contributed by atoms with Crippen molar-refractivity contribution in [2.45, 2.75) is 6.92 Å². The van der Waals surface area contributed by atoms with Crippen LogP contribution < -0.4 is 15.9 Å². The quantitative estimate of drug-likeness (QED) is 0.639. The van der Waals surface area contributed by atoms with E-state index in [1.54, 1.807) is 0 Å². The van der Waals surface area contributed by atoms with Gasteiger partial charge in [-0.25, -0.2) is 0 Å². The van der Waals surface area contributed by atoms with E-state index in [1.807, 2.05) is 36.4 Å². The summed E-state index contributed by atoms with van der Waals surface area (Å²) in [6.45, 7) is 4.32. The van der Waals surface area contributed by atoms with E-state index in [4.69, 9.17) is 0 Å². The molecule has 3 aromatic rings. The summed E-state index contributed by atoms with van der Waals surface area (Å²) >= 11 is 0. The van der Waals surface area contributed by atoms with Crippen LogP contribution in [0.15, 0.2) is 72.8 Å². The summed E-state index contributed by atoms with van der Waals surface area (Å²) in [7, 11) is -2.30. The second-order valence-corrected chi connectivity index (χ2v) is 9.90. The van der Waals surface area contributed by atoms with Crippen LogP contribution in [0.1, 0.15) is 5.56 Å². The fraction of sp³-hybridized carbons (Fsp3) is 0.100. The Kier molecular flexibility index (Phi) is 4.28. The molecule has 3 heteroatoms. The molecule has 0 aliphatic rings. The summed E-state index contributed by atoms with van der Waals surface area (Å²) in [6, 6.07) is 21.7. The zero-order chi connectivity index (χ0) is 16.4. The van der Waals surface area contributed by atoms with Gasteiger partial charge in [0.15, 0.2) is 0 Å². The fourth-order valence-electron chi connectivity index (χ4n) is 3.18. The van der Waals surface area contributed by atoms with Crippen molar-refractivity contribution in [2.75, 3.05) is 6.66 Å². The van der Waals surface area contributed by atoms with E-state index >= 15 is 0 Å². The first-order valence-electron chi connectivity index (χ1n) is 7.60. The van der Waals surface area contributed by atoms with Crippen molar-refractivity contribution in [1.29, 1.82) is 0 Å². The fourth-order valence-corrected chi connectivity index (χ4v) is 7.10. The van der Waals surface area contributed by atoms with Crippen LogP contribution in [-0.4, -0.2) is 6.66 Å². The Morgan fingerprint density at radius 2 is 1.09 bits per heavy atom. The van der Waals surface area contributed by atoms with E-state index in [0.717, 1.165) is 10.6 Å². The Labute approximate surface area is 136 Å². The van der Waals surface area contributed by atoms with Gasteiger partial charge >= 0.3 is 136 Å². The second kappa shape index (κ2) is 6.22. The predicted octanol–water partition coefficient (Wildman–Crippen LogP) is 3.93. The van der Waals surface area contributed by atoms with Crippen molar-refractivity contribution < 1.29 is 8.78 Å². The van der Waals surface area contributed by atoms with E-state index in [2.05, 4.69) is 25.7 Å². The van der Waals surface area contributed by atoms with Crippen LogP contribution in [0.25, 0.3) is 0 Å². The average molecular weight is 328 g/mol. The van der Waals surface area contributed by atoms with Gasteiger partial charge < -0.3 is 0 Å². The Bertz CT molecular complexity index is 762. The van der Waals surface area contributed by atoms with Gasteiger partial charge in [-0.1, -0.05) is 0 Å². The number of hydrogen-bond donors (Lipinski definition) is 0. The van der Waals surface area contributed by atoms with Crippen LogP contribution in [0.5, 0.6) is 0 Å². The zero-order valence-corrected chi connectivity index (χ0v) is 14.2. The SMILES string of the molecule is Cc1ccccc1[PH](C)(c1ccc(F)cc1)c1ccc(F)cc1. The molecule has 0 heterocycles. The van der Waals surface area contributed by atoms with Crippen molar-refractivity contribution in [1.82, 2.24) is 0 Å². The molecule has 0 aliphatic heterocycles. The third kappa shape index (κ3) is 2.92. The van der Waals surface area contributed by atoms with E-state index in [1.165, 1.54) is 35.1 Å². The van der Waals surface area contributed by atoms with Crippen LogP contribution in [0.4, 0.5) is 8.78 Å². The van der Waals surface area contributed by atoms with Crippen molar-refractivity contribution in [3.63, 3.8) is 0 Å². The van der Waals surface area contributed by atoms with Gasteiger partial charge in [-0.2, -0.15) is 0 Å².